The lowest BCUT2D eigenvalue weighted by Crippen LogP contribution is -2.07. The van der Waals surface area contributed by atoms with Crippen LogP contribution in [0.5, 0.6) is 5.75 Å². The van der Waals surface area contributed by atoms with Crippen LogP contribution in [0.1, 0.15) is 44.6 Å². The SMILES string of the molecule is CC(C)c1ccc(OCCC(=O)C2CC2)cc1. The van der Waals surface area contributed by atoms with Crippen molar-refractivity contribution in [2.75, 3.05) is 6.61 Å². The molecule has 1 aliphatic rings. The number of benzene rings is 1. The van der Waals surface area contributed by atoms with Crippen LogP contribution in [0.2, 0.25) is 0 Å². The molecule has 1 aliphatic carbocycles. The first-order valence-corrected chi connectivity index (χ1v) is 6.42. The third kappa shape index (κ3) is 3.58. The zero-order valence-corrected chi connectivity index (χ0v) is 10.6. The van der Waals surface area contributed by atoms with Crippen LogP contribution in [0.3, 0.4) is 0 Å². The van der Waals surface area contributed by atoms with E-state index in [2.05, 4.69) is 26.0 Å². The fraction of sp³-hybridized carbons (Fsp3) is 0.533. The molecule has 2 heteroatoms. The number of hydrogen-bond donors (Lipinski definition) is 0. The Bertz CT molecular complexity index is 374. The molecule has 0 N–H and O–H groups in total. The molecule has 2 rings (SSSR count). The molecule has 0 heterocycles. The molecular weight excluding hydrogens is 212 g/mol. The number of ether oxygens (including phenoxy) is 1. The van der Waals surface area contributed by atoms with Crippen LogP contribution in [0.25, 0.3) is 0 Å². The average Bonchev–Trinajstić information content (AvgIpc) is 3.13. The van der Waals surface area contributed by atoms with Crippen molar-refractivity contribution in [1.29, 1.82) is 0 Å². The van der Waals surface area contributed by atoms with E-state index in [1.807, 2.05) is 12.1 Å². The molecule has 0 amide bonds. The average molecular weight is 232 g/mol. The highest BCUT2D eigenvalue weighted by atomic mass is 16.5. The van der Waals surface area contributed by atoms with E-state index in [9.17, 15) is 4.79 Å². The van der Waals surface area contributed by atoms with Crippen molar-refractivity contribution in [1.82, 2.24) is 0 Å². The molecule has 0 unspecified atom stereocenters. The Kier molecular flexibility index (Phi) is 3.82. The zero-order chi connectivity index (χ0) is 12.3. The number of carbonyl (C=O) groups excluding carboxylic acids is 1. The van der Waals surface area contributed by atoms with Crippen molar-refractivity contribution in [3.63, 3.8) is 0 Å². The summed E-state index contributed by atoms with van der Waals surface area (Å²) in [6, 6.07) is 8.14. The lowest BCUT2D eigenvalue weighted by molar-refractivity contribution is -0.120. The molecule has 0 radical (unpaired) electrons. The van der Waals surface area contributed by atoms with Gasteiger partial charge in [-0.25, -0.2) is 0 Å². The summed E-state index contributed by atoms with van der Waals surface area (Å²) in [6.45, 7) is 4.85. The van der Waals surface area contributed by atoms with Gasteiger partial charge in [-0.1, -0.05) is 26.0 Å². The summed E-state index contributed by atoms with van der Waals surface area (Å²) in [5.41, 5.74) is 1.31. The van der Waals surface area contributed by atoms with Gasteiger partial charge < -0.3 is 4.74 Å². The molecule has 1 saturated carbocycles. The second kappa shape index (κ2) is 5.35. The molecule has 1 aromatic rings. The summed E-state index contributed by atoms with van der Waals surface area (Å²) in [7, 11) is 0. The predicted molar refractivity (Wildman–Crippen MR) is 68.4 cm³/mol. The van der Waals surface area contributed by atoms with E-state index in [0.29, 0.717) is 30.6 Å². The molecule has 0 aliphatic heterocycles. The molecule has 0 atom stereocenters. The van der Waals surface area contributed by atoms with Gasteiger partial charge >= 0.3 is 0 Å². The zero-order valence-electron chi connectivity index (χ0n) is 10.6. The smallest absolute Gasteiger partial charge is 0.139 e. The highest BCUT2D eigenvalue weighted by Gasteiger charge is 2.28. The Balaban J connectivity index is 1.76. The highest BCUT2D eigenvalue weighted by molar-refractivity contribution is 5.83. The number of Topliss-reactive ketones (excluding diaryl/α,β-unsaturated/α-hetero) is 1. The van der Waals surface area contributed by atoms with Crippen molar-refractivity contribution in [3.05, 3.63) is 29.8 Å². The van der Waals surface area contributed by atoms with E-state index in [1.165, 1.54) is 5.56 Å². The summed E-state index contributed by atoms with van der Waals surface area (Å²) >= 11 is 0. The quantitative estimate of drug-likeness (QED) is 0.749. The molecule has 1 fully saturated rings. The molecule has 0 saturated heterocycles. The Morgan fingerprint density at radius 2 is 1.94 bits per heavy atom. The Labute approximate surface area is 103 Å². The van der Waals surface area contributed by atoms with Crippen LogP contribution in [-0.2, 0) is 4.79 Å². The van der Waals surface area contributed by atoms with Crippen molar-refractivity contribution < 1.29 is 9.53 Å². The third-order valence-electron chi connectivity index (χ3n) is 3.20. The lowest BCUT2D eigenvalue weighted by Gasteiger charge is -2.08. The minimum Gasteiger partial charge on any atom is -0.493 e. The second-order valence-corrected chi connectivity index (χ2v) is 5.06. The molecule has 0 spiro atoms. The van der Waals surface area contributed by atoms with Gasteiger partial charge in [0.1, 0.15) is 11.5 Å². The molecule has 17 heavy (non-hydrogen) atoms. The van der Waals surface area contributed by atoms with Crippen LogP contribution in [-0.4, -0.2) is 12.4 Å². The van der Waals surface area contributed by atoms with Gasteiger partial charge in [0.15, 0.2) is 0 Å². The van der Waals surface area contributed by atoms with Gasteiger partial charge in [0.2, 0.25) is 0 Å². The van der Waals surface area contributed by atoms with E-state index in [1.54, 1.807) is 0 Å². The van der Waals surface area contributed by atoms with Crippen molar-refractivity contribution in [2.45, 2.75) is 39.0 Å². The summed E-state index contributed by atoms with van der Waals surface area (Å²) in [5.74, 6) is 2.12. The monoisotopic (exact) mass is 232 g/mol. The van der Waals surface area contributed by atoms with Crippen molar-refractivity contribution >= 4 is 5.78 Å². The van der Waals surface area contributed by atoms with Crippen LogP contribution in [0.15, 0.2) is 24.3 Å². The Hall–Kier alpha value is -1.31. The maximum atomic E-state index is 11.5. The van der Waals surface area contributed by atoms with Gasteiger partial charge in [0, 0.05) is 12.3 Å². The third-order valence-corrected chi connectivity index (χ3v) is 3.20. The van der Waals surface area contributed by atoms with E-state index in [4.69, 9.17) is 4.74 Å². The fourth-order valence-corrected chi connectivity index (χ4v) is 1.83. The first-order chi connectivity index (χ1) is 8.16. The highest BCUT2D eigenvalue weighted by Crippen LogP contribution is 2.30. The fourth-order valence-electron chi connectivity index (χ4n) is 1.83. The van der Waals surface area contributed by atoms with Gasteiger partial charge in [-0.05, 0) is 36.5 Å². The minimum atomic E-state index is 0.349. The van der Waals surface area contributed by atoms with Gasteiger partial charge in [-0.3, -0.25) is 4.79 Å². The molecular formula is C15H20O2. The number of hydrogen-bond acceptors (Lipinski definition) is 2. The number of carbonyl (C=O) groups is 1. The van der Waals surface area contributed by atoms with Crippen molar-refractivity contribution in [3.8, 4) is 5.75 Å². The van der Waals surface area contributed by atoms with Gasteiger partial charge in [-0.15, -0.1) is 0 Å². The summed E-state index contributed by atoms with van der Waals surface area (Å²) in [5, 5.41) is 0. The molecule has 2 nitrogen and oxygen atoms in total. The van der Waals surface area contributed by atoms with E-state index < -0.39 is 0 Å². The predicted octanol–water partition coefficient (Wildman–Crippen LogP) is 3.56. The van der Waals surface area contributed by atoms with Crippen LogP contribution < -0.4 is 4.74 Å². The number of ketones is 1. The largest absolute Gasteiger partial charge is 0.493 e. The Morgan fingerprint density at radius 3 is 2.47 bits per heavy atom. The molecule has 92 valence electrons. The van der Waals surface area contributed by atoms with Gasteiger partial charge in [0.05, 0.1) is 6.61 Å². The number of rotatable bonds is 6. The van der Waals surface area contributed by atoms with Crippen LogP contribution in [0.4, 0.5) is 0 Å². The molecule has 0 bridgehead atoms. The van der Waals surface area contributed by atoms with Crippen molar-refractivity contribution in [2.24, 2.45) is 5.92 Å². The normalized spacial score (nSPS) is 15.0. The molecule has 1 aromatic carbocycles. The van der Waals surface area contributed by atoms with Gasteiger partial charge in [0.25, 0.3) is 0 Å². The summed E-state index contributed by atoms with van der Waals surface area (Å²) in [4.78, 5) is 11.5. The van der Waals surface area contributed by atoms with Gasteiger partial charge in [-0.2, -0.15) is 0 Å². The van der Waals surface area contributed by atoms with E-state index in [-0.39, 0.29) is 0 Å². The van der Waals surface area contributed by atoms with E-state index >= 15 is 0 Å². The van der Waals surface area contributed by atoms with E-state index in [0.717, 1.165) is 18.6 Å². The maximum Gasteiger partial charge on any atom is 0.139 e. The first kappa shape index (κ1) is 12.2. The Morgan fingerprint density at radius 1 is 1.29 bits per heavy atom. The second-order valence-electron chi connectivity index (χ2n) is 5.06. The molecule has 0 aromatic heterocycles. The van der Waals surface area contributed by atoms with Crippen LogP contribution >= 0.6 is 0 Å². The maximum absolute atomic E-state index is 11.5. The minimum absolute atomic E-state index is 0.349. The van der Waals surface area contributed by atoms with Crippen LogP contribution in [0, 0.1) is 5.92 Å². The lowest BCUT2D eigenvalue weighted by atomic mass is 10.0. The topological polar surface area (TPSA) is 26.3 Å². The summed E-state index contributed by atoms with van der Waals surface area (Å²) in [6.07, 6.45) is 2.72. The first-order valence-electron chi connectivity index (χ1n) is 6.42. The standard InChI is InChI=1S/C15H20O2/c1-11(2)12-5-7-14(8-6-12)17-10-9-15(16)13-3-4-13/h5-8,11,13H,3-4,9-10H2,1-2H3. The summed E-state index contributed by atoms with van der Waals surface area (Å²) < 4.78 is 5.57.